The SMILES string of the molecule is Cc1c(C(=O)N2CCC3(CC2)C(O)CC3OCCO)sc2ccccc12. The van der Waals surface area contributed by atoms with Crippen LogP contribution in [0.3, 0.4) is 0 Å². The monoisotopic (exact) mass is 375 g/mol. The second-order valence-corrected chi connectivity index (χ2v) is 8.46. The predicted molar refractivity (Wildman–Crippen MR) is 102 cm³/mol. The third-order valence-corrected chi connectivity index (χ3v) is 7.43. The molecule has 2 fully saturated rings. The number of aryl methyl sites for hydroxylation is 1. The molecule has 26 heavy (non-hydrogen) atoms. The second kappa shape index (κ2) is 6.93. The van der Waals surface area contributed by atoms with Crippen LogP contribution in [-0.2, 0) is 4.74 Å². The Bertz CT molecular complexity index is 809. The van der Waals surface area contributed by atoms with E-state index in [1.807, 2.05) is 24.0 Å². The van der Waals surface area contributed by atoms with Crippen molar-refractivity contribution in [3.63, 3.8) is 0 Å². The first kappa shape index (κ1) is 17.9. The molecule has 140 valence electrons. The van der Waals surface area contributed by atoms with Gasteiger partial charge in [0.1, 0.15) is 0 Å². The number of fused-ring (bicyclic) bond motifs is 1. The number of thiophene rings is 1. The van der Waals surface area contributed by atoms with E-state index < -0.39 is 0 Å². The number of rotatable bonds is 4. The molecule has 6 heteroatoms. The first-order valence-electron chi connectivity index (χ1n) is 9.25. The average molecular weight is 375 g/mol. The zero-order chi connectivity index (χ0) is 18.3. The van der Waals surface area contributed by atoms with Gasteiger partial charge in [0, 0.05) is 29.6 Å². The van der Waals surface area contributed by atoms with Gasteiger partial charge in [-0.15, -0.1) is 11.3 Å². The highest BCUT2D eigenvalue weighted by atomic mass is 32.1. The molecule has 1 aliphatic heterocycles. The van der Waals surface area contributed by atoms with Crippen molar-refractivity contribution in [1.82, 2.24) is 4.90 Å². The quantitative estimate of drug-likeness (QED) is 0.862. The molecule has 4 rings (SSSR count). The van der Waals surface area contributed by atoms with Crippen LogP contribution in [-0.4, -0.2) is 59.5 Å². The number of nitrogens with zero attached hydrogens (tertiary/aromatic N) is 1. The molecule has 0 bridgehead atoms. The minimum Gasteiger partial charge on any atom is -0.394 e. The van der Waals surface area contributed by atoms with Crippen LogP contribution in [0, 0.1) is 12.3 Å². The van der Waals surface area contributed by atoms with Gasteiger partial charge in [-0.2, -0.15) is 0 Å². The van der Waals surface area contributed by atoms with E-state index in [9.17, 15) is 9.90 Å². The normalized spacial score (nSPS) is 24.8. The number of carbonyl (C=O) groups excluding carboxylic acids is 1. The van der Waals surface area contributed by atoms with Crippen LogP contribution in [0.5, 0.6) is 0 Å². The maximum atomic E-state index is 13.1. The molecule has 1 amide bonds. The Labute approximate surface area is 157 Å². The van der Waals surface area contributed by atoms with E-state index in [2.05, 4.69) is 12.1 Å². The number of benzene rings is 1. The molecule has 2 aromatic rings. The first-order chi connectivity index (χ1) is 12.6. The zero-order valence-corrected chi connectivity index (χ0v) is 15.8. The van der Waals surface area contributed by atoms with Gasteiger partial charge in [0.25, 0.3) is 5.91 Å². The highest BCUT2D eigenvalue weighted by molar-refractivity contribution is 7.21. The van der Waals surface area contributed by atoms with Gasteiger partial charge in [-0.1, -0.05) is 18.2 Å². The second-order valence-electron chi connectivity index (χ2n) is 7.41. The third-order valence-electron chi connectivity index (χ3n) is 6.17. The lowest BCUT2D eigenvalue weighted by Crippen LogP contribution is -2.62. The van der Waals surface area contributed by atoms with Gasteiger partial charge in [0.2, 0.25) is 0 Å². The summed E-state index contributed by atoms with van der Waals surface area (Å²) in [5.41, 5.74) is 0.810. The number of amides is 1. The summed E-state index contributed by atoms with van der Waals surface area (Å²) in [5.74, 6) is 0.0974. The van der Waals surface area contributed by atoms with Gasteiger partial charge in [-0.25, -0.2) is 0 Å². The van der Waals surface area contributed by atoms with Gasteiger partial charge in [-0.3, -0.25) is 4.79 Å². The molecular weight excluding hydrogens is 350 g/mol. The van der Waals surface area contributed by atoms with Crippen LogP contribution in [0.2, 0.25) is 0 Å². The van der Waals surface area contributed by atoms with E-state index in [0.29, 0.717) is 26.1 Å². The summed E-state index contributed by atoms with van der Waals surface area (Å²) < 4.78 is 6.87. The van der Waals surface area contributed by atoms with Gasteiger partial charge in [0.05, 0.1) is 30.3 Å². The van der Waals surface area contributed by atoms with Crippen LogP contribution >= 0.6 is 11.3 Å². The smallest absolute Gasteiger partial charge is 0.264 e. The van der Waals surface area contributed by atoms with Crippen molar-refractivity contribution >= 4 is 27.3 Å². The molecule has 2 aliphatic rings. The maximum absolute atomic E-state index is 13.1. The number of hydrogen-bond donors (Lipinski definition) is 2. The Morgan fingerprint density at radius 3 is 2.73 bits per heavy atom. The fourth-order valence-electron chi connectivity index (χ4n) is 4.46. The summed E-state index contributed by atoms with van der Waals surface area (Å²) in [6.07, 6.45) is 1.76. The molecule has 0 radical (unpaired) electrons. The average Bonchev–Trinajstić information content (AvgIpc) is 3.01. The number of carbonyl (C=O) groups is 1. The molecule has 2 unspecified atom stereocenters. The third kappa shape index (κ3) is 2.76. The van der Waals surface area contributed by atoms with Crippen LogP contribution < -0.4 is 0 Å². The number of ether oxygens (including phenoxy) is 1. The lowest BCUT2D eigenvalue weighted by Gasteiger charge is -2.56. The molecule has 1 aromatic carbocycles. The van der Waals surface area contributed by atoms with Crippen molar-refractivity contribution in [2.24, 2.45) is 5.41 Å². The molecule has 1 aromatic heterocycles. The predicted octanol–water partition coefficient (Wildman–Crippen LogP) is 2.57. The lowest BCUT2D eigenvalue weighted by molar-refractivity contribution is -0.211. The van der Waals surface area contributed by atoms with Crippen molar-refractivity contribution in [2.45, 2.75) is 38.4 Å². The van der Waals surface area contributed by atoms with Crippen molar-refractivity contribution in [3.8, 4) is 0 Å². The molecule has 2 heterocycles. The highest BCUT2D eigenvalue weighted by Crippen LogP contribution is 2.51. The van der Waals surface area contributed by atoms with Crippen molar-refractivity contribution in [2.75, 3.05) is 26.3 Å². The van der Waals surface area contributed by atoms with Crippen LogP contribution in [0.4, 0.5) is 0 Å². The van der Waals surface area contributed by atoms with Gasteiger partial charge < -0.3 is 19.8 Å². The minimum absolute atomic E-state index is 0.00149. The summed E-state index contributed by atoms with van der Waals surface area (Å²) >= 11 is 1.56. The van der Waals surface area contributed by atoms with Crippen LogP contribution in [0.15, 0.2) is 24.3 Å². The fraction of sp³-hybridized carbons (Fsp3) is 0.550. The molecule has 1 saturated carbocycles. The van der Waals surface area contributed by atoms with E-state index in [1.165, 1.54) is 0 Å². The van der Waals surface area contributed by atoms with E-state index >= 15 is 0 Å². The molecule has 5 nitrogen and oxygen atoms in total. The topological polar surface area (TPSA) is 70.0 Å². The maximum Gasteiger partial charge on any atom is 0.264 e. The van der Waals surface area contributed by atoms with E-state index in [-0.39, 0.29) is 30.1 Å². The Morgan fingerprint density at radius 2 is 2.08 bits per heavy atom. The minimum atomic E-state index is -0.366. The number of hydrogen-bond acceptors (Lipinski definition) is 5. The summed E-state index contributed by atoms with van der Waals surface area (Å²) in [7, 11) is 0. The molecule has 1 saturated heterocycles. The number of likely N-dealkylation sites (tertiary alicyclic amines) is 1. The molecule has 2 atom stereocenters. The van der Waals surface area contributed by atoms with E-state index in [0.717, 1.165) is 33.4 Å². The van der Waals surface area contributed by atoms with E-state index in [1.54, 1.807) is 11.3 Å². The first-order valence-corrected chi connectivity index (χ1v) is 10.1. The van der Waals surface area contributed by atoms with Crippen LogP contribution in [0.1, 0.15) is 34.5 Å². The Kier molecular flexibility index (Phi) is 4.77. The summed E-state index contributed by atoms with van der Waals surface area (Å²) in [4.78, 5) is 15.8. The van der Waals surface area contributed by atoms with Crippen molar-refractivity contribution in [1.29, 1.82) is 0 Å². The van der Waals surface area contributed by atoms with E-state index in [4.69, 9.17) is 9.84 Å². The van der Waals surface area contributed by atoms with Crippen molar-refractivity contribution in [3.05, 3.63) is 34.7 Å². The highest BCUT2D eigenvalue weighted by Gasteiger charge is 2.56. The summed E-state index contributed by atoms with van der Waals surface area (Å²) in [6.45, 7) is 3.61. The van der Waals surface area contributed by atoms with Gasteiger partial charge in [0.15, 0.2) is 0 Å². The van der Waals surface area contributed by atoms with Crippen molar-refractivity contribution < 1.29 is 19.7 Å². The Morgan fingerprint density at radius 1 is 1.35 bits per heavy atom. The zero-order valence-electron chi connectivity index (χ0n) is 15.0. The van der Waals surface area contributed by atoms with Gasteiger partial charge in [-0.05, 0) is 36.8 Å². The fourth-order valence-corrected chi connectivity index (χ4v) is 5.64. The standard InChI is InChI=1S/C20H25NO4S/c1-13-14-4-2-3-5-15(14)26-18(13)19(24)21-8-6-20(7-9-21)16(23)12-17(20)25-11-10-22/h2-5,16-17,22-23H,6-12H2,1H3. The Balaban J connectivity index is 1.47. The number of aliphatic hydroxyl groups is 2. The Hall–Kier alpha value is -1.47. The lowest BCUT2D eigenvalue weighted by atomic mass is 9.58. The number of aliphatic hydroxyl groups excluding tert-OH is 2. The summed E-state index contributed by atoms with van der Waals surface area (Å²) in [5, 5.41) is 20.5. The molecular formula is C20H25NO4S. The molecule has 2 N–H and O–H groups in total. The largest absolute Gasteiger partial charge is 0.394 e. The molecule has 1 spiro atoms. The number of piperidine rings is 1. The van der Waals surface area contributed by atoms with Gasteiger partial charge >= 0.3 is 0 Å². The molecule has 1 aliphatic carbocycles. The van der Waals surface area contributed by atoms with Crippen LogP contribution in [0.25, 0.3) is 10.1 Å². The summed E-state index contributed by atoms with van der Waals surface area (Å²) in [6, 6.07) is 8.13.